The minimum absolute atomic E-state index is 0.302. The van der Waals surface area contributed by atoms with E-state index in [4.69, 9.17) is 23.2 Å². The van der Waals surface area contributed by atoms with Crippen molar-refractivity contribution in [3.63, 3.8) is 0 Å². The van der Waals surface area contributed by atoms with Crippen LogP contribution in [0.5, 0.6) is 0 Å². The Morgan fingerprint density at radius 3 is 2.87 bits per heavy atom. The molecular weight excluding hydrogens is 235 g/mol. The predicted molar refractivity (Wildman–Crippen MR) is 60.0 cm³/mol. The molecule has 0 heterocycles. The quantitative estimate of drug-likeness (QED) is 0.560. The van der Waals surface area contributed by atoms with Crippen LogP contribution in [0.25, 0.3) is 0 Å². The molecule has 0 aliphatic heterocycles. The fourth-order valence-corrected chi connectivity index (χ4v) is 1.23. The Morgan fingerprint density at radius 2 is 2.20 bits per heavy atom. The van der Waals surface area contributed by atoms with Gasteiger partial charge in [0.2, 0.25) is 0 Å². The van der Waals surface area contributed by atoms with Gasteiger partial charge in [0, 0.05) is 11.5 Å². The minimum Gasteiger partial charge on any atom is -0.456 e. The highest BCUT2D eigenvalue weighted by Crippen LogP contribution is 2.24. The molecule has 0 bridgehead atoms. The third-order valence-electron chi connectivity index (χ3n) is 1.53. The zero-order valence-corrected chi connectivity index (χ0v) is 9.52. The fraction of sp³-hybridized carbons (Fsp3) is 0.182. The number of hydrogen-bond donors (Lipinski definition) is 0. The van der Waals surface area contributed by atoms with Crippen molar-refractivity contribution in [2.45, 2.75) is 6.92 Å². The molecular formula is C11H8Cl2O2. The van der Waals surface area contributed by atoms with Gasteiger partial charge >= 0.3 is 5.97 Å². The summed E-state index contributed by atoms with van der Waals surface area (Å²) in [5.41, 5.74) is 0.511. The van der Waals surface area contributed by atoms with Gasteiger partial charge in [-0.1, -0.05) is 35.2 Å². The van der Waals surface area contributed by atoms with Crippen LogP contribution in [0.3, 0.4) is 0 Å². The van der Waals surface area contributed by atoms with Crippen LogP contribution >= 0.6 is 23.2 Å². The van der Waals surface area contributed by atoms with Crippen molar-refractivity contribution in [1.29, 1.82) is 0 Å². The lowest BCUT2D eigenvalue weighted by atomic mass is 10.2. The van der Waals surface area contributed by atoms with Crippen molar-refractivity contribution in [2.75, 3.05) is 6.61 Å². The van der Waals surface area contributed by atoms with Crippen LogP contribution in [0.4, 0.5) is 0 Å². The van der Waals surface area contributed by atoms with E-state index in [2.05, 4.69) is 16.6 Å². The highest BCUT2D eigenvalue weighted by molar-refractivity contribution is 6.42. The number of ether oxygens (including phenoxy) is 1. The van der Waals surface area contributed by atoms with Gasteiger partial charge in [-0.25, -0.2) is 4.79 Å². The Bertz CT molecular complexity index is 430. The summed E-state index contributed by atoms with van der Waals surface area (Å²) in [4.78, 5) is 10.9. The first-order valence-electron chi connectivity index (χ1n) is 4.28. The summed E-state index contributed by atoms with van der Waals surface area (Å²) in [6.07, 6.45) is 0. The first kappa shape index (κ1) is 11.9. The number of hydrogen-bond acceptors (Lipinski definition) is 2. The zero-order valence-electron chi connectivity index (χ0n) is 8.01. The Labute approximate surface area is 98.1 Å². The summed E-state index contributed by atoms with van der Waals surface area (Å²) >= 11 is 11.6. The van der Waals surface area contributed by atoms with Crippen molar-refractivity contribution in [1.82, 2.24) is 0 Å². The lowest BCUT2D eigenvalue weighted by Gasteiger charge is -1.97. The standard InChI is InChI=1S/C11H8Cl2O2/c1-2-15-10(14)7-6-8-4-3-5-9(12)11(8)13/h3-5H,2H2,1H3. The van der Waals surface area contributed by atoms with Gasteiger partial charge in [0.15, 0.2) is 0 Å². The molecule has 0 radical (unpaired) electrons. The van der Waals surface area contributed by atoms with Gasteiger partial charge in [-0.3, -0.25) is 0 Å². The monoisotopic (exact) mass is 242 g/mol. The number of esters is 1. The molecule has 0 saturated carbocycles. The maximum absolute atomic E-state index is 10.9. The van der Waals surface area contributed by atoms with Crippen molar-refractivity contribution >= 4 is 29.2 Å². The van der Waals surface area contributed by atoms with Crippen LogP contribution in [-0.2, 0) is 9.53 Å². The van der Waals surface area contributed by atoms with E-state index < -0.39 is 5.97 Å². The van der Waals surface area contributed by atoms with E-state index in [1.165, 1.54) is 0 Å². The van der Waals surface area contributed by atoms with Gasteiger partial charge < -0.3 is 4.74 Å². The van der Waals surface area contributed by atoms with E-state index in [1.807, 2.05) is 0 Å². The number of carbonyl (C=O) groups is 1. The maximum Gasteiger partial charge on any atom is 0.384 e. The molecule has 1 rings (SSSR count). The van der Waals surface area contributed by atoms with Crippen molar-refractivity contribution in [3.8, 4) is 11.8 Å². The van der Waals surface area contributed by atoms with E-state index in [0.29, 0.717) is 22.2 Å². The van der Waals surface area contributed by atoms with Crippen LogP contribution in [0, 0.1) is 11.8 Å². The largest absolute Gasteiger partial charge is 0.456 e. The summed E-state index contributed by atoms with van der Waals surface area (Å²) in [7, 11) is 0. The molecule has 78 valence electrons. The van der Waals surface area contributed by atoms with Crippen LogP contribution in [0.1, 0.15) is 12.5 Å². The Kier molecular flexibility index (Phi) is 4.48. The van der Waals surface area contributed by atoms with Crippen LogP contribution in [0.2, 0.25) is 10.0 Å². The van der Waals surface area contributed by atoms with Gasteiger partial charge in [0.1, 0.15) is 0 Å². The molecule has 1 aromatic rings. The molecule has 0 aliphatic rings. The SMILES string of the molecule is CCOC(=O)C#Cc1cccc(Cl)c1Cl. The summed E-state index contributed by atoms with van der Waals surface area (Å²) in [6, 6.07) is 5.04. The van der Waals surface area contributed by atoms with Crippen molar-refractivity contribution in [3.05, 3.63) is 33.8 Å². The summed E-state index contributed by atoms with van der Waals surface area (Å²) < 4.78 is 4.65. The average molecular weight is 243 g/mol. The summed E-state index contributed by atoms with van der Waals surface area (Å²) in [5, 5.41) is 0.753. The summed E-state index contributed by atoms with van der Waals surface area (Å²) in [6.45, 7) is 2.02. The molecule has 0 aromatic heterocycles. The first-order chi connectivity index (χ1) is 7.15. The minimum atomic E-state index is -0.575. The number of benzene rings is 1. The van der Waals surface area contributed by atoms with Gasteiger partial charge in [-0.2, -0.15) is 0 Å². The summed E-state index contributed by atoms with van der Waals surface area (Å²) in [5.74, 6) is 4.34. The molecule has 15 heavy (non-hydrogen) atoms. The molecule has 2 nitrogen and oxygen atoms in total. The van der Waals surface area contributed by atoms with Crippen LogP contribution in [-0.4, -0.2) is 12.6 Å². The van der Waals surface area contributed by atoms with E-state index in [-0.39, 0.29) is 0 Å². The second kappa shape index (κ2) is 5.65. The molecule has 0 atom stereocenters. The fourth-order valence-electron chi connectivity index (χ4n) is 0.886. The molecule has 0 spiro atoms. The van der Waals surface area contributed by atoms with Gasteiger partial charge in [0.05, 0.1) is 16.7 Å². The topological polar surface area (TPSA) is 26.3 Å². The second-order valence-corrected chi connectivity index (χ2v) is 3.36. The molecule has 0 amide bonds. The maximum atomic E-state index is 10.9. The third-order valence-corrected chi connectivity index (χ3v) is 2.35. The van der Waals surface area contributed by atoms with Gasteiger partial charge in [-0.05, 0) is 19.1 Å². The molecule has 0 unspecified atom stereocenters. The van der Waals surface area contributed by atoms with E-state index in [0.717, 1.165) is 0 Å². The normalized spacial score (nSPS) is 9.00. The lowest BCUT2D eigenvalue weighted by Crippen LogP contribution is -1.99. The Morgan fingerprint density at radius 1 is 1.47 bits per heavy atom. The number of rotatable bonds is 1. The predicted octanol–water partition coefficient (Wildman–Crippen LogP) is 2.91. The molecule has 4 heteroatoms. The smallest absolute Gasteiger partial charge is 0.384 e. The van der Waals surface area contributed by atoms with Gasteiger partial charge in [0.25, 0.3) is 0 Å². The van der Waals surface area contributed by atoms with Crippen molar-refractivity contribution in [2.24, 2.45) is 0 Å². The van der Waals surface area contributed by atoms with E-state index >= 15 is 0 Å². The van der Waals surface area contributed by atoms with E-state index in [9.17, 15) is 4.79 Å². The van der Waals surface area contributed by atoms with Crippen LogP contribution in [0.15, 0.2) is 18.2 Å². The Hall–Kier alpha value is -1.17. The molecule has 1 aromatic carbocycles. The van der Waals surface area contributed by atoms with Crippen molar-refractivity contribution < 1.29 is 9.53 Å². The zero-order chi connectivity index (χ0) is 11.3. The average Bonchev–Trinajstić information content (AvgIpc) is 2.21. The number of halogens is 2. The first-order valence-corrected chi connectivity index (χ1v) is 5.03. The molecule has 0 N–H and O–H groups in total. The van der Waals surface area contributed by atoms with Crippen LogP contribution < -0.4 is 0 Å². The third kappa shape index (κ3) is 3.47. The molecule has 0 aliphatic carbocycles. The highest BCUT2D eigenvalue weighted by atomic mass is 35.5. The molecule has 0 saturated heterocycles. The second-order valence-electron chi connectivity index (χ2n) is 2.57. The highest BCUT2D eigenvalue weighted by Gasteiger charge is 2.01. The number of carbonyl (C=O) groups excluding carboxylic acids is 1. The van der Waals surface area contributed by atoms with Gasteiger partial charge in [-0.15, -0.1) is 0 Å². The Balaban J connectivity index is 2.89. The lowest BCUT2D eigenvalue weighted by molar-refractivity contribution is -0.136. The van der Waals surface area contributed by atoms with E-state index in [1.54, 1.807) is 25.1 Å². The molecule has 0 fully saturated rings.